The first-order valence-electron chi connectivity index (χ1n) is 7.58. The number of hydrogen-bond acceptors (Lipinski definition) is 3. The van der Waals surface area contributed by atoms with Crippen LogP contribution in [0.5, 0.6) is 5.75 Å². The lowest BCUT2D eigenvalue weighted by Gasteiger charge is -2.20. The number of methoxy groups -OCH3 is 1. The first-order chi connectivity index (χ1) is 10.3. The van der Waals surface area contributed by atoms with Gasteiger partial charge in [0.05, 0.1) is 7.11 Å². The molecule has 4 nitrogen and oxygen atoms in total. The molecule has 0 radical (unpaired) electrons. The van der Waals surface area contributed by atoms with Gasteiger partial charge in [0.1, 0.15) is 5.75 Å². The topological polar surface area (TPSA) is 50.4 Å². The van der Waals surface area contributed by atoms with Crippen LogP contribution < -0.4 is 15.4 Å². The number of rotatable bonds is 6. The summed E-state index contributed by atoms with van der Waals surface area (Å²) in [5, 5.41) is 6.51. The highest BCUT2D eigenvalue weighted by Crippen LogP contribution is 2.27. The zero-order valence-electron chi connectivity index (χ0n) is 12.6. The maximum absolute atomic E-state index is 11.8. The molecule has 2 amide bonds. The Labute approximate surface area is 131 Å². The van der Waals surface area contributed by atoms with Gasteiger partial charge in [0.15, 0.2) is 0 Å². The number of carbonyl (C=O) groups is 1. The fourth-order valence-corrected chi connectivity index (χ4v) is 3.72. The van der Waals surface area contributed by atoms with Crippen LogP contribution >= 0.6 is 11.8 Å². The van der Waals surface area contributed by atoms with Gasteiger partial charge in [-0.3, -0.25) is 0 Å². The Morgan fingerprint density at radius 1 is 1.33 bits per heavy atom. The van der Waals surface area contributed by atoms with E-state index in [-0.39, 0.29) is 6.03 Å². The largest absolute Gasteiger partial charge is 0.497 e. The minimum Gasteiger partial charge on any atom is -0.497 e. The van der Waals surface area contributed by atoms with Crippen molar-refractivity contribution in [1.29, 1.82) is 0 Å². The van der Waals surface area contributed by atoms with E-state index in [4.69, 9.17) is 4.74 Å². The quantitative estimate of drug-likeness (QED) is 0.784. The lowest BCUT2D eigenvalue weighted by atomic mass is 10.0. The molecule has 1 aliphatic rings. The molecule has 0 heterocycles. The maximum atomic E-state index is 11.8. The molecule has 0 aromatic heterocycles. The van der Waals surface area contributed by atoms with Crippen LogP contribution in [0.15, 0.2) is 24.3 Å². The van der Waals surface area contributed by atoms with Crippen LogP contribution in [0.25, 0.3) is 0 Å². The molecule has 116 valence electrons. The molecule has 1 aromatic rings. The molecule has 0 aliphatic heterocycles. The fourth-order valence-electron chi connectivity index (χ4n) is 2.50. The SMILES string of the molecule is COc1cccc(NC(=O)NCCSC2CCCCC2)c1. The normalized spacial score (nSPS) is 15.5. The predicted molar refractivity (Wildman–Crippen MR) is 89.3 cm³/mol. The van der Waals surface area contributed by atoms with Crippen molar-refractivity contribution in [3.8, 4) is 5.75 Å². The minimum atomic E-state index is -0.160. The number of ether oxygens (including phenoxy) is 1. The molecule has 0 unspecified atom stereocenters. The van der Waals surface area contributed by atoms with Crippen LogP contribution in [-0.2, 0) is 0 Å². The van der Waals surface area contributed by atoms with Gasteiger partial charge in [-0.15, -0.1) is 0 Å². The maximum Gasteiger partial charge on any atom is 0.319 e. The van der Waals surface area contributed by atoms with Gasteiger partial charge in [-0.2, -0.15) is 11.8 Å². The summed E-state index contributed by atoms with van der Waals surface area (Å²) in [6.45, 7) is 0.705. The van der Waals surface area contributed by atoms with Crippen molar-refractivity contribution in [2.24, 2.45) is 0 Å². The van der Waals surface area contributed by atoms with Crippen LogP contribution in [0, 0.1) is 0 Å². The highest BCUT2D eigenvalue weighted by atomic mass is 32.2. The highest BCUT2D eigenvalue weighted by molar-refractivity contribution is 7.99. The Hall–Kier alpha value is -1.36. The number of carbonyl (C=O) groups excluding carboxylic acids is 1. The van der Waals surface area contributed by atoms with Gasteiger partial charge in [-0.05, 0) is 25.0 Å². The van der Waals surface area contributed by atoms with Gasteiger partial charge < -0.3 is 15.4 Å². The van der Waals surface area contributed by atoms with E-state index >= 15 is 0 Å². The van der Waals surface area contributed by atoms with Crippen molar-refractivity contribution in [2.75, 3.05) is 24.7 Å². The summed E-state index contributed by atoms with van der Waals surface area (Å²) in [6, 6.07) is 7.19. The molecular weight excluding hydrogens is 284 g/mol. The highest BCUT2D eigenvalue weighted by Gasteiger charge is 2.13. The summed E-state index contributed by atoms with van der Waals surface area (Å²) in [7, 11) is 1.61. The second kappa shape index (κ2) is 8.82. The Morgan fingerprint density at radius 3 is 2.90 bits per heavy atom. The average molecular weight is 308 g/mol. The van der Waals surface area contributed by atoms with E-state index in [9.17, 15) is 4.79 Å². The van der Waals surface area contributed by atoms with Crippen molar-refractivity contribution >= 4 is 23.5 Å². The summed E-state index contributed by atoms with van der Waals surface area (Å²) in [4.78, 5) is 11.8. The Morgan fingerprint density at radius 2 is 2.14 bits per heavy atom. The molecule has 0 bridgehead atoms. The second-order valence-corrected chi connectivity index (χ2v) is 6.65. The van der Waals surface area contributed by atoms with Gasteiger partial charge in [0.25, 0.3) is 0 Å². The Balaban J connectivity index is 1.62. The summed E-state index contributed by atoms with van der Waals surface area (Å²) in [6.07, 6.45) is 6.78. The smallest absolute Gasteiger partial charge is 0.319 e. The van der Waals surface area contributed by atoms with Gasteiger partial charge in [0.2, 0.25) is 0 Å². The summed E-state index contributed by atoms with van der Waals surface area (Å²) < 4.78 is 5.13. The van der Waals surface area contributed by atoms with E-state index in [0.717, 1.165) is 22.4 Å². The molecule has 0 atom stereocenters. The van der Waals surface area contributed by atoms with Crippen LogP contribution in [0.3, 0.4) is 0 Å². The van der Waals surface area contributed by atoms with Gasteiger partial charge >= 0.3 is 6.03 Å². The van der Waals surface area contributed by atoms with E-state index in [1.165, 1.54) is 32.1 Å². The summed E-state index contributed by atoms with van der Waals surface area (Å²) in [5.41, 5.74) is 0.742. The van der Waals surface area contributed by atoms with E-state index in [1.807, 2.05) is 30.0 Å². The van der Waals surface area contributed by atoms with Crippen molar-refractivity contribution in [3.63, 3.8) is 0 Å². The first kappa shape index (κ1) is 16.0. The standard InChI is InChI=1S/C16H24N2O2S/c1-20-14-7-5-6-13(12-14)18-16(19)17-10-11-21-15-8-3-2-4-9-15/h5-7,12,15H,2-4,8-11H2,1H3,(H2,17,18,19). The minimum absolute atomic E-state index is 0.160. The number of amides is 2. The molecule has 21 heavy (non-hydrogen) atoms. The third-order valence-corrected chi connectivity index (χ3v) is 5.00. The Kier molecular flexibility index (Phi) is 6.73. The molecular formula is C16H24N2O2S. The van der Waals surface area contributed by atoms with Crippen LogP contribution in [0.2, 0.25) is 0 Å². The van der Waals surface area contributed by atoms with Crippen LogP contribution in [0.1, 0.15) is 32.1 Å². The zero-order chi connectivity index (χ0) is 14.9. The van der Waals surface area contributed by atoms with E-state index < -0.39 is 0 Å². The van der Waals surface area contributed by atoms with Gasteiger partial charge in [0, 0.05) is 29.3 Å². The molecule has 5 heteroatoms. The van der Waals surface area contributed by atoms with Crippen molar-refractivity contribution in [3.05, 3.63) is 24.3 Å². The lowest BCUT2D eigenvalue weighted by Crippen LogP contribution is -2.30. The molecule has 2 N–H and O–H groups in total. The number of nitrogens with one attached hydrogen (secondary N) is 2. The fraction of sp³-hybridized carbons (Fsp3) is 0.562. The van der Waals surface area contributed by atoms with Gasteiger partial charge in [-0.1, -0.05) is 25.3 Å². The monoisotopic (exact) mass is 308 g/mol. The van der Waals surface area contributed by atoms with Crippen LogP contribution in [-0.4, -0.2) is 30.7 Å². The first-order valence-corrected chi connectivity index (χ1v) is 8.63. The predicted octanol–water partition coefficient (Wildman–Crippen LogP) is 3.88. The lowest BCUT2D eigenvalue weighted by molar-refractivity contribution is 0.252. The number of anilines is 1. The van der Waals surface area contributed by atoms with Crippen molar-refractivity contribution in [1.82, 2.24) is 5.32 Å². The van der Waals surface area contributed by atoms with Gasteiger partial charge in [-0.25, -0.2) is 4.79 Å². The summed E-state index contributed by atoms with van der Waals surface area (Å²) >= 11 is 1.99. The Bertz CT molecular complexity index is 448. The van der Waals surface area contributed by atoms with Crippen LogP contribution in [0.4, 0.5) is 10.5 Å². The molecule has 0 spiro atoms. The van der Waals surface area contributed by atoms with E-state index in [0.29, 0.717) is 6.54 Å². The molecule has 1 aliphatic carbocycles. The van der Waals surface area contributed by atoms with Crippen molar-refractivity contribution < 1.29 is 9.53 Å². The molecule has 2 rings (SSSR count). The second-order valence-electron chi connectivity index (χ2n) is 5.24. The molecule has 1 saturated carbocycles. The number of thioether (sulfide) groups is 1. The summed E-state index contributed by atoms with van der Waals surface area (Å²) in [5.74, 6) is 1.72. The number of hydrogen-bond donors (Lipinski definition) is 2. The third kappa shape index (κ3) is 5.87. The number of urea groups is 1. The average Bonchev–Trinajstić information content (AvgIpc) is 2.53. The van der Waals surface area contributed by atoms with E-state index in [1.54, 1.807) is 13.2 Å². The molecule has 0 saturated heterocycles. The molecule has 1 fully saturated rings. The number of benzene rings is 1. The van der Waals surface area contributed by atoms with Crippen molar-refractivity contribution in [2.45, 2.75) is 37.4 Å². The third-order valence-electron chi connectivity index (χ3n) is 3.62. The molecule has 1 aromatic carbocycles. The zero-order valence-corrected chi connectivity index (χ0v) is 13.4. The van der Waals surface area contributed by atoms with E-state index in [2.05, 4.69) is 10.6 Å².